The maximum atomic E-state index is 13.2. The minimum atomic E-state index is -0.739. The van der Waals surface area contributed by atoms with E-state index in [4.69, 9.17) is 0 Å². The Morgan fingerprint density at radius 1 is 1.17 bits per heavy atom. The molecule has 0 aromatic rings. The molecule has 0 radical (unpaired) electrons. The van der Waals surface area contributed by atoms with E-state index in [2.05, 4.69) is 6.92 Å². The number of hydrogen-bond donors (Lipinski definition) is 1. The van der Waals surface area contributed by atoms with Gasteiger partial charge in [0.15, 0.2) is 5.78 Å². The largest absolute Gasteiger partial charge is 0.481 e. The van der Waals surface area contributed by atoms with Gasteiger partial charge in [0, 0.05) is 18.8 Å². The van der Waals surface area contributed by atoms with Gasteiger partial charge >= 0.3 is 5.97 Å². The minimum Gasteiger partial charge on any atom is -0.481 e. The number of carbonyl (C=O) groups excluding carboxylic acids is 2. The number of hydrogen-bond acceptors (Lipinski definition) is 3. The van der Waals surface area contributed by atoms with Gasteiger partial charge < -0.3 is 5.11 Å². The van der Waals surface area contributed by atoms with Crippen molar-refractivity contribution in [3.8, 4) is 0 Å². The molecule has 4 heteroatoms. The monoisotopic (exact) mass is 330 g/mol. The van der Waals surface area contributed by atoms with E-state index in [0.717, 1.165) is 25.7 Å². The van der Waals surface area contributed by atoms with Crippen LogP contribution in [-0.4, -0.2) is 22.6 Å². The molecule has 4 aliphatic carbocycles. The first kappa shape index (κ1) is 16.0. The summed E-state index contributed by atoms with van der Waals surface area (Å²) in [4.78, 5) is 36.7. The number of rotatable bonds is 1. The summed E-state index contributed by atoms with van der Waals surface area (Å²) < 4.78 is 0. The average molecular weight is 330 g/mol. The van der Waals surface area contributed by atoms with E-state index < -0.39 is 5.97 Å². The van der Waals surface area contributed by atoms with Crippen molar-refractivity contribution >= 4 is 17.5 Å². The molecule has 4 nitrogen and oxygen atoms in total. The number of allylic oxidation sites excluding steroid dienone is 1. The molecule has 3 saturated carbocycles. The van der Waals surface area contributed by atoms with Crippen LogP contribution < -0.4 is 0 Å². The average Bonchev–Trinajstić information content (AvgIpc) is 2.84. The van der Waals surface area contributed by atoms with Crippen LogP contribution >= 0.6 is 0 Å². The Bertz CT molecular complexity index is 663. The number of fused-ring (bicyclic) bond motifs is 5. The van der Waals surface area contributed by atoms with Gasteiger partial charge in [-0.2, -0.15) is 0 Å². The smallest absolute Gasteiger partial charge is 0.307 e. The van der Waals surface area contributed by atoms with Gasteiger partial charge in [-0.1, -0.05) is 19.4 Å². The molecule has 4 rings (SSSR count). The van der Waals surface area contributed by atoms with Crippen LogP contribution in [0.1, 0.15) is 58.8 Å². The van der Waals surface area contributed by atoms with Crippen LogP contribution in [0.3, 0.4) is 0 Å². The predicted molar refractivity (Wildman–Crippen MR) is 88.2 cm³/mol. The zero-order chi connectivity index (χ0) is 17.3. The molecule has 4 aliphatic rings. The molecule has 0 amide bonds. The van der Waals surface area contributed by atoms with E-state index in [1.54, 1.807) is 6.08 Å². The van der Waals surface area contributed by atoms with Crippen LogP contribution in [0.5, 0.6) is 0 Å². The van der Waals surface area contributed by atoms with Gasteiger partial charge in [-0.05, 0) is 60.8 Å². The van der Waals surface area contributed by atoms with Crippen molar-refractivity contribution in [2.45, 2.75) is 58.8 Å². The highest BCUT2D eigenvalue weighted by atomic mass is 16.4. The van der Waals surface area contributed by atoms with E-state index >= 15 is 0 Å². The quantitative estimate of drug-likeness (QED) is 0.800. The molecule has 0 aromatic carbocycles. The summed E-state index contributed by atoms with van der Waals surface area (Å²) >= 11 is 0. The number of ketones is 2. The Morgan fingerprint density at radius 2 is 1.92 bits per heavy atom. The number of aliphatic carboxylic acids is 1. The van der Waals surface area contributed by atoms with Crippen LogP contribution in [-0.2, 0) is 14.4 Å². The molecule has 6 unspecified atom stereocenters. The summed E-state index contributed by atoms with van der Waals surface area (Å²) in [5, 5.41) is 9.61. The maximum absolute atomic E-state index is 13.2. The van der Waals surface area contributed by atoms with Crippen LogP contribution in [0.25, 0.3) is 0 Å². The number of carboxylic acid groups (broad SMARTS) is 1. The van der Waals surface area contributed by atoms with Crippen molar-refractivity contribution in [3.05, 3.63) is 11.6 Å². The van der Waals surface area contributed by atoms with Crippen LogP contribution in [0.4, 0.5) is 0 Å². The summed E-state index contributed by atoms with van der Waals surface area (Å²) in [5.41, 5.74) is 0.604. The lowest BCUT2D eigenvalue weighted by Crippen LogP contribution is -2.55. The molecular formula is C20H26O4. The van der Waals surface area contributed by atoms with Gasteiger partial charge in [-0.3, -0.25) is 14.4 Å². The highest BCUT2D eigenvalue weighted by Crippen LogP contribution is 2.65. The lowest BCUT2D eigenvalue weighted by molar-refractivity contribution is -0.155. The van der Waals surface area contributed by atoms with E-state index in [0.29, 0.717) is 25.2 Å². The third kappa shape index (κ3) is 1.94. The first-order valence-corrected chi connectivity index (χ1v) is 9.27. The Kier molecular flexibility index (Phi) is 3.36. The first-order chi connectivity index (χ1) is 11.3. The fourth-order valence-corrected chi connectivity index (χ4v) is 6.79. The Morgan fingerprint density at radius 3 is 2.62 bits per heavy atom. The fourth-order valence-electron chi connectivity index (χ4n) is 6.79. The van der Waals surface area contributed by atoms with Gasteiger partial charge in [0.25, 0.3) is 0 Å². The van der Waals surface area contributed by atoms with Crippen molar-refractivity contribution in [3.63, 3.8) is 0 Å². The molecule has 1 N–H and O–H groups in total. The second-order valence-corrected chi connectivity index (χ2v) is 8.96. The minimum absolute atomic E-state index is 0.0174. The third-order valence-electron chi connectivity index (χ3n) is 7.95. The van der Waals surface area contributed by atoms with Gasteiger partial charge in [0.05, 0.1) is 5.92 Å². The highest BCUT2D eigenvalue weighted by Gasteiger charge is 2.63. The van der Waals surface area contributed by atoms with E-state index in [-0.39, 0.29) is 40.2 Å². The SMILES string of the molecule is CC12CCC(=O)C=C1CCC1C2C(=O)CC2(C)C(C(=O)O)CCC12. The van der Waals surface area contributed by atoms with Gasteiger partial charge in [-0.25, -0.2) is 0 Å². The Balaban J connectivity index is 1.74. The molecule has 0 spiro atoms. The molecule has 0 bridgehead atoms. The molecule has 130 valence electrons. The van der Waals surface area contributed by atoms with Crippen molar-refractivity contribution in [1.82, 2.24) is 0 Å². The summed E-state index contributed by atoms with van der Waals surface area (Å²) in [6.07, 6.45) is 6.95. The zero-order valence-electron chi connectivity index (χ0n) is 14.5. The molecule has 0 heterocycles. The molecule has 0 aromatic heterocycles. The topological polar surface area (TPSA) is 71.4 Å². The normalized spacial score (nSPS) is 47.5. The van der Waals surface area contributed by atoms with E-state index in [9.17, 15) is 19.5 Å². The van der Waals surface area contributed by atoms with Crippen molar-refractivity contribution in [2.24, 2.45) is 34.5 Å². The maximum Gasteiger partial charge on any atom is 0.307 e. The second kappa shape index (κ2) is 5.03. The Hall–Kier alpha value is -1.45. The molecule has 0 saturated heterocycles. The molecule has 3 fully saturated rings. The van der Waals surface area contributed by atoms with Crippen LogP contribution in [0.15, 0.2) is 11.6 Å². The second-order valence-electron chi connectivity index (χ2n) is 8.96. The molecular weight excluding hydrogens is 304 g/mol. The van der Waals surface area contributed by atoms with Crippen molar-refractivity contribution < 1.29 is 19.5 Å². The van der Waals surface area contributed by atoms with Gasteiger partial charge in [-0.15, -0.1) is 0 Å². The number of carbonyl (C=O) groups is 3. The number of carboxylic acids is 1. The lowest BCUT2D eigenvalue weighted by atomic mass is 9.46. The summed E-state index contributed by atoms with van der Waals surface area (Å²) in [7, 11) is 0. The van der Waals surface area contributed by atoms with Crippen molar-refractivity contribution in [1.29, 1.82) is 0 Å². The standard InChI is InChI=1S/C20H26O4/c1-19-8-7-12(21)9-11(19)3-4-13-14-5-6-15(18(23)24)20(14,2)10-16(22)17(13)19/h9,13-15,17H,3-8,10H2,1-2H3,(H,23,24). The number of Topliss-reactive ketones (excluding diaryl/α,β-unsaturated/α-hetero) is 1. The molecule has 0 aliphatic heterocycles. The molecule has 6 atom stereocenters. The van der Waals surface area contributed by atoms with Crippen LogP contribution in [0, 0.1) is 34.5 Å². The highest BCUT2D eigenvalue weighted by molar-refractivity contribution is 5.93. The van der Waals surface area contributed by atoms with Gasteiger partial charge in [0.1, 0.15) is 5.78 Å². The molecule has 24 heavy (non-hydrogen) atoms. The third-order valence-corrected chi connectivity index (χ3v) is 7.95. The van der Waals surface area contributed by atoms with Gasteiger partial charge in [0.2, 0.25) is 0 Å². The summed E-state index contributed by atoms with van der Waals surface area (Å²) in [6, 6.07) is 0. The van der Waals surface area contributed by atoms with Crippen LogP contribution in [0.2, 0.25) is 0 Å². The predicted octanol–water partition coefficient (Wildman–Crippen LogP) is 3.40. The Labute approximate surface area is 142 Å². The fraction of sp³-hybridized carbons (Fsp3) is 0.750. The van der Waals surface area contributed by atoms with E-state index in [1.807, 2.05) is 6.92 Å². The van der Waals surface area contributed by atoms with E-state index in [1.165, 1.54) is 5.57 Å². The van der Waals surface area contributed by atoms with Crippen molar-refractivity contribution in [2.75, 3.05) is 0 Å². The summed E-state index contributed by atoms with van der Waals surface area (Å²) in [6.45, 7) is 4.21. The lowest BCUT2D eigenvalue weighted by Gasteiger charge is -2.56. The summed E-state index contributed by atoms with van der Waals surface area (Å²) in [5.74, 6) is -0.0816. The first-order valence-electron chi connectivity index (χ1n) is 9.27. The zero-order valence-corrected chi connectivity index (χ0v) is 14.5.